The second kappa shape index (κ2) is 10.8. The lowest BCUT2D eigenvalue weighted by molar-refractivity contribution is 0.0973. The summed E-state index contributed by atoms with van der Waals surface area (Å²) >= 11 is 7.56. The molecule has 2 aromatic heterocycles. The van der Waals surface area contributed by atoms with E-state index in [-0.39, 0.29) is 57.0 Å². The maximum atomic E-state index is 9.89. The molecule has 2 aromatic rings. The number of hydrogen-bond donors (Lipinski definition) is 3. The van der Waals surface area contributed by atoms with Crippen LogP contribution >= 0.6 is 50.4 Å². The number of aliphatic hydroxyl groups excluding tert-OH is 1. The molecule has 2 fully saturated rings. The molecule has 4 heterocycles. The fourth-order valence-corrected chi connectivity index (χ4v) is 5.13. The number of rotatable bonds is 4. The highest BCUT2D eigenvalue weighted by Crippen LogP contribution is 2.42. The van der Waals surface area contributed by atoms with Crippen LogP contribution in [-0.4, -0.2) is 51.9 Å². The lowest BCUT2D eigenvalue weighted by Gasteiger charge is -2.41. The highest BCUT2D eigenvalue weighted by molar-refractivity contribution is 7.99. The van der Waals surface area contributed by atoms with Crippen molar-refractivity contribution in [3.05, 3.63) is 29.2 Å². The van der Waals surface area contributed by atoms with Crippen LogP contribution in [0.15, 0.2) is 28.4 Å². The molecular formula is C19H29ClN6O2S3. The maximum Gasteiger partial charge on any atom is 0.152 e. The first-order chi connectivity index (χ1) is 13.9. The average molecular weight is 505 g/mol. The molecule has 1 spiro atoms. The molecule has 172 valence electrons. The first kappa shape index (κ1) is 26.3. The van der Waals surface area contributed by atoms with Crippen molar-refractivity contribution in [2.75, 3.05) is 30.3 Å². The summed E-state index contributed by atoms with van der Waals surface area (Å²) in [6.45, 7) is 4.19. The van der Waals surface area contributed by atoms with Gasteiger partial charge in [-0.05, 0) is 25.8 Å². The predicted octanol–water partition coefficient (Wildman–Crippen LogP) is 2.31. The van der Waals surface area contributed by atoms with Crippen LogP contribution in [0.2, 0.25) is 5.02 Å². The van der Waals surface area contributed by atoms with Crippen molar-refractivity contribution in [1.29, 1.82) is 0 Å². The van der Waals surface area contributed by atoms with Gasteiger partial charge in [0.1, 0.15) is 16.5 Å². The summed E-state index contributed by atoms with van der Waals surface area (Å²) in [5, 5.41) is 10.9. The van der Waals surface area contributed by atoms with Crippen molar-refractivity contribution in [2.45, 2.75) is 48.4 Å². The minimum Gasteiger partial charge on any atom is -0.390 e. The zero-order valence-electron chi connectivity index (χ0n) is 17.2. The van der Waals surface area contributed by atoms with E-state index in [4.69, 9.17) is 27.8 Å². The largest absolute Gasteiger partial charge is 0.390 e. The zero-order valence-corrected chi connectivity index (χ0v) is 20.8. The molecule has 2 aliphatic heterocycles. The van der Waals surface area contributed by atoms with E-state index in [0.29, 0.717) is 28.2 Å². The second-order valence-corrected chi connectivity index (χ2v) is 9.08. The van der Waals surface area contributed by atoms with Gasteiger partial charge in [-0.3, -0.25) is 0 Å². The molecule has 0 saturated carbocycles. The molecule has 4 rings (SSSR count). The molecule has 31 heavy (non-hydrogen) atoms. The molecule has 8 nitrogen and oxygen atoms in total. The van der Waals surface area contributed by atoms with Crippen LogP contribution < -0.4 is 16.4 Å². The molecule has 2 saturated heterocycles. The zero-order chi connectivity index (χ0) is 20.6. The number of pyridine rings is 1. The Hall–Kier alpha value is -0.950. The third-order valence-corrected chi connectivity index (χ3v) is 7.43. The van der Waals surface area contributed by atoms with E-state index in [1.807, 2.05) is 6.92 Å². The third-order valence-electron chi connectivity index (χ3n) is 5.95. The summed E-state index contributed by atoms with van der Waals surface area (Å²) < 4.78 is 5.80. The highest BCUT2D eigenvalue weighted by atomic mass is 35.5. The lowest BCUT2D eigenvalue weighted by Crippen LogP contribution is -2.51. The number of nitrogen functional groups attached to an aromatic ring is 1. The summed E-state index contributed by atoms with van der Waals surface area (Å²) in [4.78, 5) is 16.1. The first-order valence-corrected chi connectivity index (χ1v) is 10.8. The van der Waals surface area contributed by atoms with Gasteiger partial charge in [0, 0.05) is 35.6 Å². The van der Waals surface area contributed by atoms with E-state index in [0.717, 1.165) is 30.8 Å². The Labute approximate surface area is 205 Å². The summed E-state index contributed by atoms with van der Waals surface area (Å²) in [5.41, 5.74) is 12.8. The lowest BCUT2D eigenvalue weighted by atomic mass is 9.73. The average Bonchev–Trinajstić information content (AvgIpc) is 3.01. The van der Waals surface area contributed by atoms with Crippen molar-refractivity contribution in [1.82, 2.24) is 15.0 Å². The number of ether oxygens (including phenoxy) is 1. The minimum atomic E-state index is -0.190. The summed E-state index contributed by atoms with van der Waals surface area (Å²) in [7, 11) is 0. The minimum absolute atomic E-state index is 0. The number of aliphatic hydroxyl groups is 1. The van der Waals surface area contributed by atoms with Gasteiger partial charge in [-0.15, -0.1) is 0 Å². The molecule has 5 N–H and O–H groups in total. The van der Waals surface area contributed by atoms with Crippen LogP contribution in [0.25, 0.3) is 0 Å². The molecule has 0 aliphatic carbocycles. The van der Waals surface area contributed by atoms with E-state index in [2.05, 4.69) is 19.9 Å². The van der Waals surface area contributed by atoms with Gasteiger partial charge in [-0.2, -0.15) is 27.0 Å². The number of nitrogens with two attached hydrogens (primary N) is 2. The van der Waals surface area contributed by atoms with Gasteiger partial charge in [0.05, 0.1) is 30.5 Å². The summed E-state index contributed by atoms with van der Waals surface area (Å²) in [5.74, 6) is 0.988. The van der Waals surface area contributed by atoms with Gasteiger partial charge in [0.2, 0.25) is 0 Å². The molecular weight excluding hydrogens is 476 g/mol. The maximum absolute atomic E-state index is 9.89. The number of piperidine rings is 1. The number of anilines is 2. The van der Waals surface area contributed by atoms with Crippen molar-refractivity contribution in [3.63, 3.8) is 0 Å². The standard InChI is InChI=1S/C19H25ClN6O2S.2H2S/c1-11-16(21)19(10-28-11)3-6-26(7-4-19)18-12(9-27)25-14(8-24-18)29-13-2-5-23-17(22)15(13)20;;/h2,5,8,11,16,27H,3-4,6-7,9-10,21H2,1H3,(H2,22,23);2*1H2/t11-,16+;;/m0../s1. The van der Waals surface area contributed by atoms with E-state index in [1.165, 1.54) is 11.8 Å². The topological polar surface area (TPSA) is 123 Å². The number of hydrogen-bond acceptors (Lipinski definition) is 9. The predicted molar refractivity (Wildman–Crippen MR) is 134 cm³/mol. The van der Waals surface area contributed by atoms with Gasteiger partial charge < -0.3 is 26.2 Å². The van der Waals surface area contributed by atoms with Gasteiger partial charge in [0.25, 0.3) is 0 Å². The second-order valence-electron chi connectivity index (χ2n) is 7.64. The van der Waals surface area contributed by atoms with Crippen molar-refractivity contribution in [2.24, 2.45) is 11.1 Å². The van der Waals surface area contributed by atoms with Crippen molar-refractivity contribution < 1.29 is 9.84 Å². The Morgan fingerprint density at radius 1 is 1.32 bits per heavy atom. The van der Waals surface area contributed by atoms with E-state index in [1.54, 1.807) is 18.5 Å². The Balaban J connectivity index is 0.00000171. The fourth-order valence-electron chi connectivity index (χ4n) is 4.09. The van der Waals surface area contributed by atoms with Gasteiger partial charge in [0.15, 0.2) is 5.82 Å². The Morgan fingerprint density at radius 2 is 2.03 bits per heavy atom. The molecule has 0 bridgehead atoms. The van der Waals surface area contributed by atoms with Crippen molar-refractivity contribution in [3.8, 4) is 0 Å². The van der Waals surface area contributed by atoms with Crippen LogP contribution in [0.3, 0.4) is 0 Å². The van der Waals surface area contributed by atoms with Gasteiger partial charge in [-0.25, -0.2) is 15.0 Å². The highest BCUT2D eigenvalue weighted by Gasteiger charge is 2.47. The van der Waals surface area contributed by atoms with E-state index in [9.17, 15) is 5.11 Å². The monoisotopic (exact) mass is 504 g/mol. The van der Waals surface area contributed by atoms with Crippen LogP contribution in [0.5, 0.6) is 0 Å². The molecule has 12 heteroatoms. The molecule has 0 aromatic carbocycles. The van der Waals surface area contributed by atoms with Crippen molar-refractivity contribution >= 4 is 62.0 Å². The smallest absolute Gasteiger partial charge is 0.152 e. The Kier molecular flexibility index (Phi) is 9.15. The van der Waals surface area contributed by atoms with Crippen LogP contribution in [-0.2, 0) is 11.3 Å². The molecule has 0 radical (unpaired) electrons. The summed E-state index contributed by atoms with van der Waals surface area (Å²) in [6, 6.07) is 1.83. The van der Waals surface area contributed by atoms with Gasteiger partial charge in [-0.1, -0.05) is 23.4 Å². The number of halogens is 1. The van der Waals surface area contributed by atoms with Gasteiger partial charge >= 0.3 is 0 Å². The fraction of sp³-hybridized carbons (Fsp3) is 0.526. The number of aromatic nitrogens is 3. The summed E-state index contributed by atoms with van der Waals surface area (Å²) in [6.07, 6.45) is 5.27. The Bertz CT molecular complexity index is 901. The normalized spacial score (nSPS) is 22.1. The van der Waals surface area contributed by atoms with E-state index >= 15 is 0 Å². The van der Waals surface area contributed by atoms with Crippen LogP contribution in [0.1, 0.15) is 25.5 Å². The number of nitrogens with zero attached hydrogens (tertiary/aromatic N) is 4. The molecule has 2 atom stereocenters. The molecule has 0 unspecified atom stereocenters. The van der Waals surface area contributed by atoms with Crippen LogP contribution in [0.4, 0.5) is 11.6 Å². The van der Waals surface area contributed by atoms with Crippen LogP contribution in [0, 0.1) is 5.41 Å². The van der Waals surface area contributed by atoms with E-state index < -0.39 is 0 Å². The molecule has 2 aliphatic rings. The first-order valence-electron chi connectivity index (χ1n) is 9.60. The molecule has 0 amide bonds. The SMILES string of the molecule is C[C@@H]1OCC2(CCN(c3ncc(Sc4ccnc(N)c4Cl)nc3CO)CC2)[C@@H]1N.S.S. The Morgan fingerprint density at radius 3 is 2.65 bits per heavy atom. The third kappa shape index (κ3) is 5.18. The quantitative estimate of drug-likeness (QED) is 0.575.